The molecule has 0 aliphatic heterocycles. The van der Waals surface area contributed by atoms with E-state index in [2.05, 4.69) is 10.3 Å². The van der Waals surface area contributed by atoms with E-state index < -0.39 is 0 Å². The monoisotopic (exact) mass is 340 g/mol. The van der Waals surface area contributed by atoms with Crippen molar-refractivity contribution in [2.75, 3.05) is 13.7 Å². The van der Waals surface area contributed by atoms with Crippen LogP contribution in [0.2, 0.25) is 0 Å². The fraction of sp³-hybridized carbons (Fsp3) is 0.250. The van der Waals surface area contributed by atoms with Crippen molar-refractivity contribution in [1.29, 1.82) is 0 Å². The second kappa shape index (κ2) is 6.59. The first-order valence-electron chi connectivity index (χ1n) is 8.10. The smallest absolute Gasteiger partial charge is 0.251 e. The predicted octanol–water partition coefficient (Wildman–Crippen LogP) is 4.02. The minimum Gasteiger partial charge on any atom is -0.497 e. The van der Waals surface area contributed by atoms with E-state index >= 15 is 0 Å². The first-order chi connectivity index (χ1) is 11.9. The average molecular weight is 340 g/mol. The van der Waals surface area contributed by atoms with Crippen LogP contribution in [0.1, 0.15) is 29.8 Å². The molecular weight excluding hydrogens is 319 g/mol. The Balaban J connectivity index is 1.75. The number of aromatic amines is 1. The normalized spacial score (nSPS) is 11.5. The van der Waals surface area contributed by atoms with Gasteiger partial charge in [0.05, 0.1) is 7.11 Å². The molecule has 0 unspecified atom stereocenters. The molecule has 0 aliphatic rings. The summed E-state index contributed by atoms with van der Waals surface area (Å²) in [4.78, 5) is 15.5. The summed E-state index contributed by atoms with van der Waals surface area (Å²) in [6, 6.07) is 11.7. The Labute approximate surface area is 146 Å². The van der Waals surface area contributed by atoms with Gasteiger partial charge in [-0.1, -0.05) is 13.8 Å². The standard InChI is InChI=1S/C20H21FN2O2/c1-20(2,17-11-22-18-10-14(21)6-9-16(17)18)12-23-19(24)13-4-7-15(25-3)8-5-13/h4-11,22H,12H2,1-3H3,(H,23,24). The summed E-state index contributed by atoms with van der Waals surface area (Å²) in [7, 11) is 1.59. The molecule has 0 bridgehead atoms. The number of H-pyrrole nitrogens is 1. The van der Waals surface area contributed by atoms with E-state index in [1.807, 2.05) is 20.0 Å². The molecule has 2 aromatic carbocycles. The van der Waals surface area contributed by atoms with Crippen molar-refractivity contribution in [3.63, 3.8) is 0 Å². The van der Waals surface area contributed by atoms with Crippen molar-refractivity contribution in [3.05, 3.63) is 65.6 Å². The van der Waals surface area contributed by atoms with Crippen LogP contribution in [0.15, 0.2) is 48.7 Å². The second-order valence-corrected chi connectivity index (χ2v) is 6.69. The molecule has 3 aromatic rings. The van der Waals surface area contributed by atoms with Gasteiger partial charge in [0.1, 0.15) is 11.6 Å². The number of carbonyl (C=O) groups excluding carboxylic acids is 1. The van der Waals surface area contributed by atoms with Gasteiger partial charge in [0, 0.05) is 34.6 Å². The number of ether oxygens (including phenoxy) is 1. The van der Waals surface area contributed by atoms with Crippen LogP contribution >= 0.6 is 0 Å². The highest BCUT2D eigenvalue weighted by Crippen LogP contribution is 2.30. The van der Waals surface area contributed by atoms with Crippen LogP contribution in [0.3, 0.4) is 0 Å². The lowest BCUT2D eigenvalue weighted by Gasteiger charge is -2.25. The number of hydrogen-bond acceptors (Lipinski definition) is 2. The molecule has 3 rings (SSSR count). The summed E-state index contributed by atoms with van der Waals surface area (Å²) in [6.45, 7) is 4.56. The molecule has 2 N–H and O–H groups in total. The second-order valence-electron chi connectivity index (χ2n) is 6.69. The quantitative estimate of drug-likeness (QED) is 0.737. The molecule has 0 fully saturated rings. The number of amides is 1. The van der Waals surface area contributed by atoms with Gasteiger partial charge in [-0.25, -0.2) is 4.39 Å². The van der Waals surface area contributed by atoms with Gasteiger partial charge in [-0.2, -0.15) is 0 Å². The molecule has 5 heteroatoms. The fourth-order valence-corrected chi connectivity index (χ4v) is 2.90. The van der Waals surface area contributed by atoms with E-state index in [0.29, 0.717) is 17.9 Å². The van der Waals surface area contributed by atoms with E-state index in [1.54, 1.807) is 37.4 Å². The minimum atomic E-state index is -0.307. The third-order valence-electron chi connectivity index (χ3n) is 4.42. The Kier molecular flexibility index (Phi) is 4.49. The van der Waals surface area contributed by atoms with E-state index in [-0.39, 0.29) is 17.1 Å². The molecule has 130 valence electrons. The van der Waals surface area contributed by atoms with E-state index in [0.717, 1.165) is 16.5 Å². The van der Waals surface area contributed by atoms with Crippen molar-refractivity contribution in [1.82, 2.24) is 10.3 Å². The fourth-order valence-electron chi connectivity index (χ4n) is 2.90. The van der Waals surface area contributed by atoms with Crippen LogP contribution in [0, 0.1) is 5.82 Å². The highest BCUT2D eigenvalue weighted by Gasteiger charge is 2.25. The number of carbonyl (C=O) groups is 1. The van der Waals surface area contributed by atoms with Gasteiger partial charge in [-0.3, -0.25) is 4.79 Å². The molecule has 0 saturated carbocycles. The molecule has 0 spiro atoms. The third-order valence-corrected chi connectivity index (χ3v) is 4.42. The third kappa shape index (κ3) is 3.50. The average Bonchev–Trinajstić information content (AvgIpc) is 3.03. The number of fused-ring (bicyclic) bond motifs is 1. The summed E-state index contributed by atoms with van der Waals surface area (Å²) < 4.78 is 18.5. The number of methoxy groups -OCH3 is 1. The maximum Gasteiger partial charge on any atom is 0.251 e. The van der Waals surface area contributed by atoms with Crippen molar-refractivity contribution < 1.29 is 13.9 Å². The molecule has 1 aromatic heterocycles. The zero-order valence-corrected chi connectivity index (χ0v) is 14.5. The zero-order chi connectivity index (χ0) is 18.0. The van der Waals surface area contributed by atoms with Crippen molar-refractivity contribution >= 4 is 16.8 Å². The van der Waals surface area contributed by atoms with Crippen molar-refractivity contribution in [3.8, 4) is 5.75 Å². The van der Waals surface area contributed by atoms with Crippen molar-refractivity contribution in [2.24, 2.45) is 0 Å². The highest BCUT2D eigenvalue weighted by molar-refractivity contribution is 5.94. The first-order valence-corrected chi connectivity index (χ1v) is 8.10. The Morgan fingerprint density at radius 1 is 1.20 bits per heavy atom. The van der Waals surface area contributed by atoms with E-state index in [9.17, 15) is 9.18 Å². The molecule has 0 saturated heterocycles. The lowest BCUT2D eigenvalue weighted by atomic mass is 9.84. The number of hydrogen-bond donors (Lipinski definition) is 2. The number of nitrogens with one attached hydrogen (secondary N) is 2. The maximum atomic E-state index is 13.4. The predicted molar refractivity (Wildman–Crippen MR) is 96.6 cm³/mol. The molecular formula is C20H21FN2O2. The number of rotatable bonds is 5. The molecule has 1 amide bonds. The Morgan fingerprint density at radius 3 is 2.60 bits per heavy atom. The summed E-state index contributed by atoms with van der Waals surface area (Å²) >= 11 is 0. The SMILES string of the molecule is COc1ccc(C(=O)NCC(C)(C)c2c[nH]c3cc(F)ccc23)cc1. The summed E-state index contributed by atoms with van der Waals surface area (Å²) in [5, 5.41) is 3.94. The number of halogens is 1. The van der Waals surface area contributed by atoms with Gasteiger partial charge in [-0.05, 0) is 48.0 Å². The maximum absolute atomic E-state index is 13.4. The van der Waals surface area contributed by atoms with Crippen LogP contribution in [0.5, 0.6) is 5.75 Å². The van der Waals surface area contributed by atoms with Crippen LogP contribution in [0.4, 0.5) is 4.39 Å². The molecule has 0 aliphatic carbocycles. The van der Waals surface area contributed by atoms with Gasteiger partial charge in [-0.15, -0.1) is 0 Å². The lowest BCUT2D eigenvalue weighted by molar-refractivity contribution is 0.0945. The van der Waals surface area contributed by atoms with Gasteiger partial charge in [0.2, 0.25) is 0 Å². The van der Waals surface area contributed by atoms with Crippen molar-refractivity contribution in [2.45, 2.75) is 19.3 Å². The zero-order valence-electron chi connectivity index (χ0n) is 14.5. The topological polar surface area (TPSA) is 54.1 Å². The van der Waals surface area contributed by atoms with Crippen LogP contribution in [0.25, 0.3) is 10.9 Å². The Hall–Kier alpha value is -2.82. The largest absolute Gasteiger partial charge is 0.497 e. The van der Waals surface area contributed by atoms with Gasteiger partial charge >= 0.3 is 0 Å². The van der Waals surface area contributed by atoms with Gasteiger partial charge in [0.15, 0.2) is 0 Å². The summed E-state index contributed by atoms with van der Waals surface area (Å²) in [6.07, 6.45) is 1.88. The minimum absolute atomic E-state index is 0.137. The number of benzene rings is 2. The first kappa shape index (κ1) is 17.0. The highest BCUT2D eigenvalue weighted by atomic mass is 19.1. The molecule has 4 nitrogen and oxygen atoms in total. The molecule has 0 radical (unpaired) electrons. The molecule has 25 heavy (non-hydrogen) atoms. The number of aromatic nitrogens is 1. The van der Waals surface area contributed by atoms with Gasteiger partial charge < -0.3 is 15.0 Å². The van der Waals surface area contributed by atoms with Gasteiger partial charge in [0.25, 0.3) is 5.91 Å². The molecule has 0 atom stereocenters. The Bertz CT molecular complexity index is 898. The van der Waals surface area contributed by atoms with E-state index in [4.69, 9.17) is 4.74 Å². The summed E-state index contributed by atoms with van der Waals surface area (Å²) in [5.41, 5.74) is 2.07. The summed E-state index contributed by atoms with van der Waals surface area (Å²) in [5.74, 6) is 0.302. The lowest BCUT2D eigenvalue weighted by Crippen LogP contribution is -2.36. The van der Waals surface area contributed by atoms with E-state index in [1.165, 1.54) is 12.1 Å². The Morgan fingerprint density at radius 2 is 1.92 bits per heavy atom. The molecule has 1 heterocycles. The van der Waals surface area contributed by atoms with Crippen LogP contribution < -0.4 is 10.1 Å². The van der Waals surface area contributed by atoms with Crippen LogP contribution in [-0.2, 0) is 5.41 Å². The van der Waals surface area contributed by atoms with Crippen LogP contribution in [-0.4, -0.2) is 24.5 Å².